The van der Waals surface area contributed by atoms with Crippen LogP contribution in [0.15, 0.2) is 22.7 Å². The molecule has 1 aliphatic rings. The molecule has 0 spiro atoms. The zero-order valence-corrected chi connectivity index (χ0v) is 13.6. The van der Waals surface area contributed by atoms with Crippen molar-refractivity contribution in [2.45, 2.75) is 11.2 Å². The highest BCUT2D eigenvalue weighted by Gasteiger charge is 2.33. The summed E-state index contributed by atoms with van der Waals surface area (Å²) < 4.78 is 23.8. The Bertz CT molecular complexity index is 530. The van der Waals surface area contributed by atoms with E-state index >= 15 is 0 Å². The van der Waals surface area contributed by atoms with Crippen molar-refractivity contribution in [2.24, 2.45) is 5.92 Å². The fraction of sp³-hybridized carbons (Fsp3) is 0.455. The van der Waals surface area contributed by atoms with Crippen molar-refractivity contribution in [2.75, 3.05) is 11.5 Å². The van der Waals surface area contributed by atoms with Gasteiger partial charge in [-0.1, -0.05) is 49.5 Å². The minimum Gasteiger partial charge on any atom is -0.229 e. The van der Waals surface area contributed by atoms with Crippen molar-refractivity contribution in [1.29, 1.82) is 0 Å². The molecule has 0 aromatic heterocycles. The van der Waals surface area contributed by atoms with Gasteiger partial charge in [0, 0.05) is 14.3 Å². The van der Waals surface area contributed by atoms with E-state index in [2.05, 4.69) is 31.9 Å². The van der Waals surface area contributed by atoms with Gasteiger partial charge in [-0.15, -0.1) is 0 Å². The molecule has 0 aliphatic carbocycles. The highest BCUT2D eigenvalue weighted by atomic mass is 79.9. The molecule has 2 unspecified atom stereocenters. The van der Waals surface area contributed by atoms with E-state index in [1.54, 1.807) is 0 Å². The number of hydrogen-bond donors (Lipinski definition) is 0. The molecule has 1 aromatic carbocycles. The van der Waals surface area contributed by atoms with Crippen molar-refractivity contribution in [3.63, 3.8) is 0 Å². The number of benzene rings is 1. The van der Waals surface area contributed by atoms with Gasteiger partial charge in [0.15, 0.2) is 9.84 Å². The molecule has 2 atom stereocenters. The van der Waals surface area contributed by atoms with Crippen LogP contribution >= 0.6 is 43.5 Å². The highest BCUT2D eigenvalue weighted by Crippen LogP contribution is 2.41. The molecular formula is C11H11Br2ClO2S. The van der Waals surface area contributed by atoms with Crippen LogP contribution in [0.5, 0.6) is 0 Å². The van der Waals surface area contributed by atoms with Gasteiger partial charge in [0.05, 0.1) is 11.5 Å². The Labute approximate surface area is 123 Å². The van der Waals surface area contributed by atoms with Crippen LogP contribution in [0.2, 0.25) is 5.02 Å². The molecule has 0 bridgehead atoms. The molecule has 1 aromatic rings. The average Bonchev–Trinajstić information content (AvgIpc) is 2.58. The van der Waals surface area contributed by atoms with Gasteiger partial charge in [-0.25, -0.2) is 8.42 Å². The summed E-state index contributed by atoms with van der Waals surface area (Å²) in [6.07, 6.45) is 0.699. The van der Waals surface area contributed by atoms with Crippen LogP contribution in [-0.4, -0.2) is 19.9 Å². The van der Waals surface area contributed by atoms with Gasteiger partial charge in [0.2, 0.25) is 0 Å². The van der Waals surface area contributed by atoms with Crippen LogP contribution in [0.1, 0.15) is 16.8 Å². The summed E-state index contributed by atoms with van der Waals surface area (Å²) in [5.41, 5.74) is 0.956. The number of sulfone groups is 1. The summed E-state index contributed by atoms with van der Waals surface area (Å²) in [5.74, 6) is 0.641. The molecule has 6 heteroatoms. The average molecular weight is 403 g/mol. The zero-order chi connectivity index (χ0) is 12.6. The maximum absolute atomic E-state index is 11.5. The number of halogens is 3. The topological polar surface area (TPSA) is 34.1 Å². The lowest BCUT2D eigenvalue weighted by Gasteiger charge is -2.17. The smallest absolute Gasteiger partial charge is 0.150 e. The van der Waals surface area contributed by atoms with Crippen LogP contribution in [0.3, 0.4) is 0 Å². The normalized spacial score (nSPS) is 24.8. The van der Waals surface area contributed by atoms with Crippen LogP contribution in [0, 0.1) is 5.92 Å². The van der Waals surface area contributed by atoms with Crippen LogP contribution < -0.4 is 0 Å². The standard InChI is InChI=1S/C11H11Br2ClO2S/c12-8-1-2-9(10(14)5-8)11(13)7-3-4-17(15,16)6-7/h1-2,5,7,11H,3-4,6H2. The minimum atomic E-state index is -2.85. The van der Waals surface area contributed by atoms with Crippen LogP contribution in [-0.2, 0) is 9.84 Å². The lowest BCUT2D eigenvalue weighted by molar-refractivity contribution is 0.580. The molecule has 0 amide bonds. The van der Waals surface area contributed by atoms with Crippen molar-refractivity contribution >= 4 is 53.3 Å². The van der Waals surface area contributed by atoms with Crippen LogP contribution in [0.25, 0.3) is 0 Å². The van der Waals surface area contributed by atoms with Crippen molar-refractivity contribution in [3.8, 4) is 0 Å². The van der Waals surface area contributed by atoms with Crippen molar-refractivity contribution < 1.29 is 8.42 Å². The quantitative estimate of drug-likeness (QED) is 0.702. The maximum Gasteiger partial charge on any atom is 0.150 e. The van der Waals surface area contributed by atoms with Crippen LogP contribution in [0.4, 0.5) is 0 Å². The van der Waals surface area contributed by atoms with Crippen molar-refractivity contribution in [3.05, 3.63) is 33.3 Å². The molecule has 2 rings (SSSR count). The van der Waals surface area contributed by atoms with Gasteiger partial charge in [0.1, 0.15) is 0 Å². The molecule has 0 N–H and O–H groups in total. The summed E-state index contributed by atoms with van der Waals surface area (Å²) >= 11 is 13.1. The second-order valence-electron chi connectivity index (χ2n) is 4.23. The zero-order valence-electron chi connectivity index (χ0n) is 8.87. The number of alkyl halides is 1. The first-order valence-corrected chi connectivity index (χ1v) is 9.09. The molecule has 1 aliphatic heterocycles. The molecule has 0 radical (unpaired) electrons. The van der Waals surface area contributed by atoms with Gasteiger partial charge < -0.3 is 0 Å². The van der Waals surface area contributed by atoms with Gasteiger partial charge in [0.25, 0.3) is 0 Å². The summed E-state index contributed by atoms with van der Waals surface area (Å²) in [5, 5.41) is 0.658. The predicted molar refractivity (Wildman–Crippen MR) is 77.6 cm³/mol. The fourth-order valence-electron chi connectivity index (χ4n) is 2.03. The molecule has 1 saturated heterocycles. The molecule has 1 heterocycles. The first kappa shape index (κ1) is 13.8. The van der Waals surface area contributed by atoms with Gasteiger partial charge in [-0.2, -0.15) is 0 Å². The monoisotopic (exact) mass is 400 g/mol. The van der Waals surface area contributed by atoms with Crippen molar-refractivity contribution in [1.82, 2.24) is 0 Å². The summed E-state index contributed by atoms with van der Waals surface area (Å²) in [6.45, 7) is 0. The summed E-state index contributed by atoms with van der Waals surface area (Å²) in [7, 11) is -2.85. The second kappa shape index (κ2) is 5.19. The van der Waals surface area contributed by atoms with Gasteiger partial charge in [-0.05, 0) is 30.0 Å². The maximum atomic E-state index is 11.5. The molecule has 1 fully saturated rings. The van der Waals surface area contributed by atoms with Gasteiger partial charge in [-0.3, -0.25) is 0 Å². The van der Waals surface area contributed by atoms with E-state index in [1.807, 2.05) is 18.2 Å². The SMILES string of the molecule is O=S1(=O)CCC(C(Br)c2ccc(Br)cc2Cl)C1. The first-order valence-electron chi connectivity index (χ1n) is 5.18. The third-order valence-corrected chi connectivity index (χ3v) is 6.80. The highest BCUT2D eigenvalue weighted by molar-refractivity contribution is 9.10. The number of hydrogen-bond acceptors (Lipinski definition) is 2. The van der Waals surface area contributed by atoms with E-state index in [0.717, 1.165) is 10.0 Å². The lowest BCUT2D eigenvalue weighted by atomic mass is 9.99. The Hall–Kier alpha value is 0.420. The Kier molecular flexibility index (Phi) is 4.23. The minimum absolute atomic E-state index is 0.000347. The van der Waals surface area contributed by atoms with E-state index in [4.69, 9.17) is 11.6 Å². The Morgan fingerprint density at radius 1 is 1.41 bits per heavy atom. The van der Waals surface area contributed by atoms with E-state index in [9.17, 15) is 8.42 Å². The molecule has 0 saturated carbocycles. The second-order valence-corrected chi connectivity index (χ2v) is 8.77. The molecule has 2 nitrogen and oxygen atoms in total. The Morgan fingerprint density at radius 3 is 2.65 bits per heavy atom. The summed E-state index contributed by atoms with van der Waals surface area (Å²) in [4.78, 5) is 0.000347. The summed E-state index contributed by atoms with van der Waals surface area (Å²) in [6, 6.07) is 5.67. The molecular weight excluding hydrogens is 391 g/mol. The first-order chi connectivity index (χ1) is 7.89. The third kappa shape index (κ3) is 3.25. The number of rotatable bonds is 2. The predicted octanol–water partition coefficient (Wildman–Crippen LogP) is 3.97. The van der Waals surface area contributed by atoms with E-state index in [0.29, 0.717) is 11.4 Å². The largest absolute Gasteiger partial charge is 0.229 e. The van der Waals surface area contributed by atoms with E-state index in [-0.39, 0.29) is 22.3 Å². The molecule has 17 heavy (non-hydrogen) atoms. The third-order valence-electron chi connectivity index (χ3n) is 2.94. The Balaban J connectivity index is 2.23. The lowest BCUT2D eigenvalue weighted by Crippen LogP contribution is -2.10. The molecule has 94 valence electrons. The Morgan fingerprint density at radius 2 is 2.12 bits per heavy atom. The van der Waals surface area contributed by atoms with Gasteiger partial charge >= 0.3 is 0 Å². The van der Waals surface area contributed by atoms with E-state index < -0.39 is 9.84 Å². The van der Waals surface area contributed by atoms with E-state index in [1.165, 1.54) is 0 Å². The fourth-order valence-corrected chi connectivity index (χ4v) is 5.89.